The van der Waals surface area contributed by atoms with Crippen molar-refractivity contribution in [2.24, 2.45) is 5.92 Å². The number of amides is 2. The number of carbonyl (C=O) groups excluding carboxylic acids is 2. The number of rotatable bonds is 5. The van der Waals surface area contributed by atoms with Crippen molar-refractivity contribution in [2.75, 3.05) is 13.1 Å². The highest BCUT2D eigenvalue weighted by atomic mass is 19.3. The lowest BCUT2D eigenvalue weighted by Crippen LogP contribution is -2.60. The zero-order valence-electron chi connectivity index (χ0n) is 13.5. The molecule has 2 atom stereocenters. The fourth-order valence-corrected chi connectivity index (χ4v) is 2.62. The lowest BCUT2D eigenvalue weighted by Gasteiger charge is -2.38. The Balaban J connectivity index is 1.99. The molecule has 7 heteroatoms. The van der Waals surface area contributed by atoms with Gasteiger partial charge in [-0.1, -0.05) is 19.6 Å². The van der Waals surface area contributed by atoms with Crippen molar-refractivity contribution in [3.63, 3.8) is 0 Å². The van der Waals surface area contributed by atoms with E-state index in [0.29, 0.717) is 6.42 Å². The average Bonchev–Trinajstić information content (AvgIpc) is 2.56. The second-order valence-corrected chi connectivity index (χ2v) is 5.99. The molecule has 2 heterocycles. The van der Waals surface area contributed by atoms with E-state index in [4.69, 9.17) is 0 Å². The molecule has 1 aromatic rings. The number of nitrogens with one attached hydrogen (secondary N) is 1. The Morgan fingerprint density at radius 2 is 2.29 bits per heavy atom. The van der Waals surface area contributed by atoms with Crippen LogP contribution >= 0.6 is 0 Å². The van der Waals surface area contributed by atoms with Crippen LogP contribution < -0.4 is 5.32 Å². The number of halogens is 2. The molecule has 0 spiro atoms. The van der Waals surface area contributed by atoms with Crippen LogP contribution in [-0.4, -0.2) is 46.8 Å². The van der Waals surface area contributed by atoms with Crippen molar-refractivity contribution in [3.8, 4) is 0 Å². The fraction of sp³-hybridized carbons (Fsp3) is 0.471. The van der Waals surface area contributed by atoms with Crippen LogP contribution in [0.1, 0.15) is 19.0 Å². The van der Waals surface area contributed by atoms with Crippen molar-refractivity contribution in [3.05, 3.63) is 42.7 Å². The van der Waals surface area contributed by atoms with Gasteiger partial charge in [-0.2, -0.15) is 0 Å². The molecule has 1 fully saturated rings. The number of hydrogen-bond donors (Lipinski definition) is 1. The first-order chi connectivity index (χ1) is 11.3. The number of nitrogens with zero attached hydrogens (tertiary/aromatic N) is 2. The van der Waals surface area contributed by atoms with Gasteiger partial charge >= 0.3 is 0 Å². The number of piperidine rings is 1. The van der Waals surface area contributed by atoms with Crippen LogP contribution in [0.25, 0.3) is 0 Å². The lowest BCUT2D eigenvalue weighted by atomic mass is 9.98. The third kappa shape index (κ3) is 4.37. The summed E-state index contributed by atoms with van der Waals surface area (Å²) in [4.78, 5) is 29.3. The monoisotopic (exact) mass is 337 g/mol. The van der Waals surface area contributed by atoms with Crippen molar-refractivity contribution < 1.29 is 18.4 Å². The second kappa shape index (κ2) is 7.51. The molecule has 1 saturated heterocycles. The summed E-state index contributed by atoms with van der Waals surface area (Å²) in [5.74, 6) is -4.43. The van der Waals surface area contributed by atoms with Crippen LogP contribution in [0.4, 0.5) is 8.78 Å². The molecule has 0 bridgehead atoms. The molecule has 0 saturated carbocycles. The zero-order valence-corrected chi connectivity index (χ0v) is 13.5. The van der Waals surface area contributed by atoms with Gasteiger partial charge in [-0.05, 0) is 18.2 Å². The molecule has 0 radical (unpaired) electrons. The molecule has 1 unspecified atom stereocenters. The molecule has 130 valence electrons. The summed E-state index contributed by atoms with van der Waals surface area (Å²) < 4.78 is 28.1. The Hall–Kier alpha value is -2.31. The van der Waals surface area contributed by atoms with Gasteiger partial charge in [0.05, 0.1) is 0 Å². The number of pyridine rings is 1. The largest absolute Gasteiger partial charge is 0.345 e. The maximum absolute atomic E-state index is 14.1. The van der Waals surface area contributed by atoms with Gasteiger partial charge in [0.25, 0.3) is 5.92 Å². The maximum atomic E-state index is 14.1. The molecule has 24 heavy (non-hydrogen) atoms. The van der Waals surface area contributed by atoms with Gasteiger partial charge in [0.15, 0.2) is 0 Å². The molecule has 0 aliphatic carbocycles. The van der Waals surface area contributed by atoms with E-state index in [1.807, 2.05) is 0 Å². The Bertz CT molecular complexity index is 607. The highest BCUT2D eigenvalue weighted by molar-refractivity contribution is 5.87. The standard InChI is InChI=1S/C17H21F2N3O2/c1-3-15(23)22-9-7-17(18,19)14(11-22)21-16(24)12(2)10-13-6-4-5-8-20-13/h3-6,8,12,14H,1,7,9-11H2,2H3,(H,21,24)/t12?,14-/m1/s1. The fourth-order valence-electron chi connectivity index (χ4n) is 2.62. The highest BCUT2D eigenvalue weighted by Crippen LogP contribution is 2.29. The van der Waals surface area contributed by atoms with Crippen molar-refractivity contribution in [2.45, 2.75) is 31.7 Å². The Morgan fingerprint density at radius 1 is 1.54 bits per heavy atom. The smallest absolute Gasteiger partial charge is 0.271 e. The summed E-state index contributed by atoms with van der Waals surface area (Å²) >= 11 is 0. The molecule has 1 N–H and O–H groups in total. The molecule has 1 aliphatic heterocycles. The summed E-state index contributed by atoms with van der Waals surface area (Å²) in [7, 11) is 0. The number of alkyl halides is 2. The third-order valence-electron chi connectivity index (χ3n) is 4.12. The van der Waals surface area contributed by atoms with E-state index in [1.54, 1.807) is 31.3 Å². The van der Waals surface area contributed by atoms with Crippen molar-refractivity contribution >= 4 is 11.8 Å². The molecule has 1 aromatic heterocycles. The van der Waals surface area contributed by atoms with Gasteiger partial charge < -0.3 is 10.2 Å². The predicted molar refractivity (Wildman–Crippen MR) is 85.4 cm³/mol. The minimum atomic E-state index is -3.04. The van der Waals surface area contributed by atoms with E-state index in [-0.39, 0.29) is 13.1 Å². The first kappa shape index (κ1) is 18.0. The molecule has 1 aliphatic rings. The molecule has 2 rings (SSSR count). The van der Waals surface area contributed by atoms with E-state index in [9.17, 15) is 18.4 Å². The van der Waals surface area contributed by atoms with E-state index >= 15 is 0 Å². The van der Waals surface area contributed by atoms with Gasteiger partial charge in [-0.15, -0.1) is 0 Å². The Kier molecular flexibility index (Phi) is 5.64. The first-order valence-electron chi connectivity index (χ1n) is 7.83. The topological polar surface area (TPSA) is 62.3 Å². The molecular weight excluding hydrogens is 316 g/mol. The van der Waals surface area contributed by atoms with Crippen LogP contribution in [0.2, 0.25) is 0 Å². The van der Waals surface area contributed by atoms with Gasteiger partial charge in [0.2, 0.25) is 11.8 Å². The second-order valence-electron chi connectivity index (χ2n) is 5.99. The van der Waals surface area contributed by atoms with E-state index in [0.717, 1.165) is 11.8 Å². The average molecular weight is 337 g/mol. The number of carbonyl (C=O) groups is 2. The van der Waals surface area contributed by atoms with E-state index in [1.165, 1.54) is 4.90 Å². The Labute approximate surface area is 139 Å². The van der Waals surface area contributed by atoms with Crippen LogP contribution in [0, 0.1) is 5.92 Å². The van der Waals surface area contributed by atoms with Gasteiger partial charge in [0, 0.05) is 43.7 Å². The van der Waals surface area contributed by atoms with Crippen LogP contribution in [-0.2, 0) is 16.0 Å². The van der Waals surface area contributed by atoms with Crippen LogP contribution in [0.3, 0.4) is 0 Å². The van der Waals surface area contributed by atoms with E-state index < -0.39 is 36.1 Å². The van der Waals surface area contributed by atoms with E-state index in [2.05, 4.69) is 16.9 Å². The number of aromatic nitrogens is 1. The summed E-state index contributed by atoms with van der Waals surface area (Å²) in [6.07, 6.45) is 2.59. The maximum Gasteiger partial charge on any atom is 0.271 e. The highest BCUT2D eigenvalue weighted by Gasteiger charge is 2.45. The Morgan fingerprint density at radius 3 is 2.92 bits per heavy atom. The quantitative estimate of drug-likeness (QED) is 0.834. The van der Waals surface area contributed by atoms with Crippen LogP contribution in [0.5, 0.6) is 0 Å². The van der Waals surface area contributed by atoms with Crippen molar-refractivity contribution in [1.29, 1.82) is 0 Å². The summed E-state index contributed by atoms with van der Waals surface area (Å²) in [5, 5.41) is 2.39. The van der Waals surface area contributed by atoms with Crippen molar-refractivity contribution in [1.82, 2.24) is 15.2 Å². The zero-order chi connectivity index (χ0) is 17.7. The molecule has 5 nitrogen and oxygen atoms in total. The minimum absolute atomic E-state index is 0.0479. The molecular formula is C17H21F2N3O2. The molecule has 0 aromatic carbocycles. The minimum Gasteiger partial charge on any atom is -0.345 e. The normalized spacial score (nSPS) is 21.0. The summed E-state index contributed by atoms with van der Waals surface area (Å²) in [6.45, 7) is 4.75. The van der Waals surface area contributed by atoms with Gasteiger partial charge in [-0.25, -0.2) is 8.78 Å². The lowest BCUT2D eigenvalue weighted by molar-refractivity contribution is -0.142. The first-order valence-corrected chi connectivity index (χ1v) is 7.83. The third-order valence-corrected chi connectivity index (χ3v) is 4.12. The van der Waals surface area contributed by atoms with Crippen LogP contribution in [0.15, 0.2) is 37.1 Å². The predicted octanol–water partition coefficient (Wildman–Crippen LogP) is 1.80. The molecule has 2 amide bonds. The summed E-state index contributed by atoms with van der Waals surface area (Å²) in [5.41, 5.74) is 0.721. The SMILES string of the molecule is C=CC(=O)N1CCC(F)(F)[C@H](NC(=O)C(C)Cc2ccccn2)C1. The van der Waals surface area contributed by atoms with Gasteiger partial charge in [0.1, 0.15) is 6.04 Å². The number of likely N-dealkylation sites (tertiary alicyclic amines) is 1. The number of hydrogen-bond acceptors (Lipinski definition) is 3. The van der Waals surface area contributed by atoms with Gasteiger partial charge in [-0.3, -0.25) is 14.6 Å². The summed E-state index contributed by atoms with van der Waals surface area (Å²) in [6, 6.07) is 3.96.